The molecule has 6 heterocycles. The van der Waals surface area contributed by atoms with Crippen molar-refractivity contribution in [3.8, 4) is 28.3 Å². The van der Waals surface area contributed by atoms with Gasteiger partial charge in [0.25, 0.3) is 0 Å². The Bertz CT molecular complexity index is 1520. The normalized spacial score (nSPS) is 16.1. The maximum absolute atomic E-state index is 10.6. The van der Waals surface area contributed by atoms with Gasteiger partial charge in [0.1, 0.15) is 11.9 Å². The molecule has 0 atom stereocenters. The van der Waals surface area contributed by atoms with E-state index in [-0.39, 0.29) is 0 Å². The fraction of sp³-hybridized carbons (Fsp3) is 0.320. The van der Waals surface area contributed by atoms with Crippen molar-refractivity contribution < 1.29 is 27.8 Å². The van der Waals surface area contributed by atoms with Crippen LogP contribution in [0.15, 0.2) is 49.2 Å². The van der Waals surface area contributed by atoms with Gasteiger partial charge in [0, 0.05) is 73.0 Å². The molecule has 196 valence electrons. The van der Waals surface area contributed by atoms with E-state index in [1.54, 1.807) is 15.4 Å². The first-order chi connectivity index (χ1) is 18.1. The number of aromatic nitrogens is 5. The first kappa shape index (κ1) is 25.2. The van der Waals surface area contributed by atoms with Crippen LogP contribution in [0.25, 0.3) is 27.8 Å². The number of rotatable bonds is 3. The predicted molar refractivity (Wildman–Crippen MR) is 129 cm³/mol. The number of pyridine rings is 2. The molecule has 38 heavy (non-hydrogen) atoms. The number of nitriles is 1. The lowest BCUT2D eigenvalue weighted by Gasteiger charge is -2.47. The molecule has 0 bridgehead atoms. The lowest BCUT2D eigenvalue weighted by molar-refractivity contribution is -0.192. The molecule has 2 saturated heterocycles. The summed E-state index contributed by atoms with van der Waals surface area (Å²) >= 11 is 0. The van der Waals surface area contributed by atoms with E-state index in [1.807, 2.05) is 31.8 Å². The highest BCUT2D eigenvalue weighted by molar-refractivity contribution is 5.87. The minimum atomic E-state index is -5.08. The molecule has 0 aliphatic carbocycles. The third-order valence-electron chi connectivity index (χ3n) is 6.63. The predicted octanol–water partition coefficient (Wildman–Crippen LogP) is 3.53. The number of carboxylic acids is 1. The average Bonchev–Trinajstić information content (AvgIpc) is 3.62. The second-order valence-electron chi connectivity index (χ2n) is 9.37. The van der Waals surface area contributed by atoms with Crippen molar-refractivity contribution in [1.29, 1.82) is 5.26 Å². The van der Waals surface area contributed by atoms with Gasteiger partial charge < -0.3 is 14.7 Å². The average molecular weight is 525 g/mol. The van der Waals surface area contributed by atoms with Crippen LogP contribution in [0.2, 0.25) is 0 Å². The van der Waals surface area contributed by atoms with Crippen LogP contribution in [0, 0.1) is 16.7 Å². The second-order valence-corrected chi connectivity index (χ2v) is 9.37. The second kappa shape index (κ2) is 9.46. The zero-order chi connectivity index (χ0) is 27.1. The van der Waals surface area contributed by atoms with Crippen LogP contribution in [-0.4, -0.2) is 67.9 Å². The van der Waals surface area contributed by atoms with Crippen molar-refractivity contribution in [2.24, 2.45) is 12.5 Å². The maximum atomic E-state index is 10.6. The summed E-state index contributed by atoms with van der Waals surface area (Å²) in [6, 6.07) is 8.48. The zero-order valence-corrected chi connectivity index (χ0v) is 20.2. The molecule has 0 radical (unpaired) electrons. The Morgan fingerprint density at radius 3 is 2.45 bits per heavy atom. The lowest BCUT2D eigenvalue weighted by Crippen LogP contribution is -2.57. The van der Waals surface area contributed by atoms with Gasteiger partial charge in [0.05, 0.1) is 30.1 Å². The summed E-state index contributed by atoms with van der Waals surface area (Å²) in [6.07, 6.45) is 5.28. The van der Waals surface area contributed by atoms with Crippen LogP contribution in [0.4, 0.5) is 19.0 Å². The molecule has 0 amide bonds. The van der Waals surface area contributed by atoms with E-state index in [9.17, 15) is 18.4 Å². The molecule has 1 N–H and O–H groups in total. The van der Waals surface area contributed by atoms with Crippen molar-refractivity contribution in [3.05, 3.63) is 54.7 Å². The Balaban J connectivity index is 0.000000374. The van der Waals surface area contributed by atoms with E-state index in [1.165, 1.54) is 0 Å². The minimum absolute atomic E-state index is 0.323. The molecule has 4 aromatic rings. The molecule has 6 rings (SSSR count). The first-order valence-electron chi connectivity index (χ1n) is 11.6. The number of ether oxygens (including phenoxy) is 1. The molecular weight excluding hydrogens is 503 g/mol. The first-order valence-corrected chi connectivity index (χ1v) is 11.6. The largest absolute Gasteiger partial charge is 0.490 e. The van der Waals surface area contributed by atoms with Gasteiger partial charge in [-0.15, -0.1) is 0 Å². The molecular formula is C25H22F3N7O3. The Kier molecular flexibility index (Phi) is 6.28. The summed E-state index contributed by atoms with van der Waals surface area (Å²) < 4.78 is 40.9. The smallest absolute Gasteiger partial charge is 0.475 e. The standard InChI is InChI=1S/C23H21N7O.C2HF3O2/c1-28-11-19(10-26-28)17-6-20(22-18(7-24)9-27-30(22)12-17)16-2-3-21(25-8-16)29-13-23(14-29)4-5-31-15-23;3-2(4,5)1(6)7/h2-3,6,8-12H,4-5,13-15H2,1H3;(H,6,7). The molecule has 0 unspecified atom stereocenters. The van der Waals surface area contributed by atoms with Gasteiger partial charge in [-0.05, 0) is 24.6 Å². The van der Waals surface area contributed by atoms with Gasteiger partial charge in [-0.2, -0.15) is 28.6 Å². The molecule has 0 saturated carbocycles. The van der Waals surface area contributed by atoms with Crippen LogP contribution in [0.5, 0.6) is 0 Å². The Morgan fingerprint density at radius 1 is 1.13 bits per heavy atom. The summed E-state index contributed by atoms with van der Waals surface area (Å²) in [5.41, 5.74) is 5.52. The molecule has 2 aliphatic rings. The van der Waals surface area contributed by atoms with Crippen molar-refractivity contribution in [3.63, 3.8) is 0 Å². The fourth-order valence-corrected chi connectivity index (χ4v) is 4.71. The molecule has 1 spiro atoms. The summed E-state index contributed by atoms with van der Waals surface area (Å²) in [7, 11) is 1.89. The number of hydrogen-bond donors (Lipinski definition) is 1. The number of anilines is 1. The highest BCUT2D eigenvalue weighted by Gasteiger charge is 2.46. The number of aliphatic carboxylic acids is 1. The summed E-state index contributed by atoms with van der Waals surface area (Å²) in [5.74, 6) is -1.78. The Morgan fingerprint density at radius 2 is 1.89 bits per heavy atom. The quantitative estimate of drug-likeness (QED) is 0.431. The van der Waals surface area contributed by atoms with Crippen molar-refractivity contribution in [2.45, 2.75) is 12.6 Å². The number of carbonyl (C=O) groups is 1. The van der Waals surface area contributed by atoms with Crippen molar-refractivity contribution >= 4 is 17.3 Å². The Hall–Kier alpha value is -4.44. The summed E-state index contributed by atoms with van der Waals surface area (Å²) in [6.45, 7) is 3.73. The molecule has 10 nitrogen and oxygen atoms in total. The van der Waals surface area contributed by atoms with Gasteiger partial charge in [-0.1, -0.05) is 0 Å². The van der Waals surface area contributed by atoms with Crippen LogP contribution < -0.4 is 4.90 Å². The van der Waals surface area contributed by atoms with Crippen molar-refractivity contribution in [1.82, 2.24) is 24.4 Å². The number of carboxylic acid groups (broad SMARTS) is 1. The maximum Gasteiger partial charge on any atom is 0.490 e. The number of fused-ring (bicyclic) bond motifs is 1. The minimum Gasteiger partial charge on any atom is -0.475 e. The van der Waals surface area contributed by atoms with Crippen LogP contribution >= 0.6 is 0 Å². The Labute approximate surface area is 214 Å². The van der Waals surface area contributed by atoms with E-state index in [4.69, 9.17) is 19.6 Å². The fourth-order valence-electron chi connectivity index (χ4n) is 4.71. The van der Waals surface area contributed by atoms with E-state index in [0.29, 0.717) is 11.0 Å². The van der Waals surface area contributed by atoms with E-state index in [0.717, 1.165) is 66.3 Å². The molecule has 13 heteroatoms. The topological polar surface area (TPSA) is 122 Å². The van der Waals surface area contributed by atoms with Gasteiger partial charge in [-0.3, -0.25) is 4.68 Å². The van der Waals surface area contributed by atoms with Crippen LogP contribution in [0.1, 0.15) is 12.0 Å². The lowest BCUT2D eigenvalue weighted by atomic mass is 9.79. The summed E-state index contributed by atoms with van der Waals surface area (Å²) in [5, 5.41) is 25.4. The van der Waals surface area contributed by atoms with Crippen LogP contribution in [-0.2, 0) is 16.6 Å². The monoisotopic (exact) mass is 525 g/mol. The van der Waals surface area contributed by atoms with E-state index < -0.39 is 12.1 Å². The highest BCUT2D eigenvalue weighted by atomic mass is 19.4. The van der Waals surface area contributed by atoms with Gasteiger partial charge in [-0.25, -0.2) is 14.3 Å². The number of nitrogens with zero attached hydrogens (tertiary/aromatic N) is 7. The summed E-state index contributed by atoms with van der Waals surface area (Å²) in [4.78, 5) is 15.9. The van der Waals surface area contributed by atoms with Crippen LogP contribution in [0.3, 0.4) is 0 Å². The molecule has 0 aromatic carbocycles. The number of alkyl halides is 3. The zero-order valence-electron chi connectivity index (χ0n) is 20.2. The van der Waals surface area contributed by atoms with E-state index in [2.05, 4.69) is 39.4 Å². The molecule has 2 fully saturated rings. The third-order valence-corrected chi connectivity index (χ3v) is 6.63. The third kappa shape index (κ3) is 4.78. The highest BCUT2D eigenvalue weighted by Crippen LogP contribution is 2.40. The molecule has 4 aromatic heterocycles. The van der Waals surface area contributed by atoms with E-state index >= 15 is 0 Å². The number of hydrogen-bond acceptors (Lipinski definition) is 7. The molecule has 2 aliphatic heterocycles. The number of halogens is 3. The van der Waals surface area contributed by atoms with Crippen molar-refractivity contribution in [2.75, 3.05) is 31.2 Å². The van der Waals surface area contributed by atoms with Gasteiger partial charge in [0.2, 0.25) is 0 Å². The van der Waals surface area contributed by atoms with Gasteiger partial charge in [0.15, 0.2) is 0 Å². The van der Waals surface area contributed by atoms with Gasteiger partial charge >= 0.3 is 12.1 Å². The number of aryl methyl sites for hydroxylation is 1. The SMILES string of the molecule is Cn1cc(-c2cc(-c3ccc(N4CC5(CCOC5)C4)nc3)c3c(C#N)cnn3c2)cn1.O=C(O)C(F)(F)F.